The average Bonchev–Trinajstić information content (AvgIpc) is 2.27. The van der Waals surface area contributed by atoms with E-state index in [2.05, 4.69) is 5.32 Å². The number of carbonyl (C=O) groups is 1. The van der Waals surface area contributed by atoms with Crippen molar-refractivity contribution >= 4 is 5.91 Å². The highest BCUT2D eigenvalue weighted by Gasteiger charge is 2.23. The maximum Gasteiger partial charge on any atom is 0.220 e. The molecule has 1 aromatic rings. The van der Waals surface area contributed by atoms with Crippen molar-refractivity contribution in [3.63, 3.8) is 0 Å². The third-order valence-corrected chi connectivity index (χ3v) is 2.62. The van der Waals surface area contributed by atoms with Gasteiger partial charge in [-0.1, -0.05) is 44.2 Å². The minimum absolute atomic E-state index is 0.0174. The van der Waals surface area contributed by atoms with E-state index in [4.69, 9.17) is 0 Å². The Morgan fingerprint density at radius 2 is 1.94 bits per heavy atom. The zero-order valence-electron chi connectivity index (χ0n) is 10.7. The number of nitrogens with one attached hydrogen (secondary N) is 1. The van der Waals surface area contributed by atoms with E-state index in [1.165, 1.54) is 0 Å². The molecule has 1 rings (SSSR count). The fourth-order valence-electron chi connectivity index (χ4n) is 1.61. The number of carbonyl (C=O) groups excluding carboxylic acids is 1. The fourth-order valence-corrected chi connectivity index (χ4v) is 1.61. The van der Waals surface area contributed by atoms with Crippen LogP contribution in [-0.2, 0) is 10.4 Å². The first-order chi connectivity index (χ1) is 7.92. The summed E-state index contributed by atoms with van der Waals surface area (Å²) >= 11 is 0. The largest absolute Gasteiger partial charge is 0.384 e. The molecule has 1 amide bonds. The molecule has 0 aliphatic heterocycles. The summed E-state index contributed by atoms with van der Waals surface area (Å²) in [5, 5.41) is 13.0. The number of aliphatic hydroxyl groups is 1. The summed E-state index contributed by atoms with van der Waals surface area (Å²) in [4.78, 5) is 11.5. The van der Waals surface area contributed by atoms with Gasteiger partial charge in [-0.15, -0.1) is 0 Å². The lowest BCUT2D eigenvalue weighted by Crippen LogP contribution is -2.38. The molecule has 0 radical (unpaired) electrons. The van der Waals surface area contributed by atoms with Crippen molar-refractivity contribution < 1.29 is 9.90 Å². The van der Waals surface area contributed by atoms with Gasteiger partial charge in [0.05, 0.1) is 6.54 Å². The maximum atomic E-state index is 11.5. The van der Waals surface area contributed by atoms with E-state index >= 15 is 0 Å². The van der Waals surface area contributed by atoms with Crippen LogP contribution in [0.25, 0.3) is 0 Å². The van der Waals surface area contributed by atoms with Crippen LogP contribution in [-0.4, -0.2) is 17.6 Å². The summed E-state index contributed by atoms with van der Waals surface area (Å²) in [5.74, 6) is 0.313. The van der Waals surface area contributed by atoms with Gasteiger partial charge in [-0.3, -0.25) is 4.79 Å². The number of hydrogen-bond donors (Lipinski definition) is 2. The quantitative estimate of drug-likeness (QED) is 0.820. The zero-order chi connectivity index (χ0) is 12.9. The first-order valence-electron chi connectivity index (χ1n) is 5.96. The molecule has 0 aliphatic rings. The van der Waals surface area contributed by atoms with Crippen molar-refractivity contribution in [3.05, 3.63) is 35.9 Å². The number of amides is 1. The van der Waals surface area contributed by atoms with E-state index in [-0.39, 0.29) is 12.5 Å². The molecule has 3 heteroatoms. The third kappa shape index (κ3) is 4.57. The predicted octanol–water partition coefficient (Wildman–Crippen LogP) is 2.06. The summed E-state index contributed by atoms with van der Waals surface area (Å²) in [5.41, 5.74) is -0.210. The normalized spacial score (nSPS) is 14.4. The molecule has 17 heavy (non-hydrogen) atoms. The predicted molar refractivity (Wildman–Crippen MR) is 68.5 cm³/mol. The molecule has 94 valence electrons. The van der Waals surface area contributed by atoms with Crippen LogP contribution < -0.4 is 5.32 Å². The Balaban J connectivity index is 2.53. The van der Waals surface area contributed by atoms with Crippen LogP contribution in [0.1, 0.15) is 32.8 Å². The average molecular weight is 235 g/mol. The van der Waals surface area contributed by atoms with Gasteiger partial charge in [0.2, 0.25) is 5.91 Å². The number of hydrogen-bond acceptors (Lipinski definition) is 2. The van der Waals surface area contributed by atoms with Gasteiger partial charge in [0.1, 0.15) is 5.60 Å². The minimum atomic E-state index is -1.02. The third-order valence-electron chi connectivity index (χ3n) is 2.62. The number of benzene rings is 1. The summed E-state index contributed by atoms with van der Waals surface area (Å²) in [6.45, 7) is 5.93. The lowest BCUT2D eigenvalue weighted by Gasteiger charge is -2.24. The topological polar surface area (TPSA) is 49.3 Å². The van der Waals surface area contributed by atoms with E-state index in [9.17, 15) is 9.90 Å². The van der Waals surface area contributed by atoms with Gasteiger partial charge < -0.3 is 10.4 Å². The smallest absolute Gasteiger partial charge is 0.220 e. The summed E-state index contributed by atoms with van der Waals surface area (Å²) < 4.78 is 0. The van der Waals surface area contributed by atoms with Crippen molar-refractivity contribution in [2.24, 2.45) is 5.92 Å². The molecular weight excluding hydrogens is 214 g/mol. The van der Waals surface area contributed by atoms with E-state index in [0.717, 1.165) is 5.56 Å². The first-order valence-corrected chi connectivity index (χ1v) is 5.96. The van der Waals surface area contributed by atoms with Crippen molar-refractivity contribution in [1.82, 2.24) is 5.32 Å². The van der Waals surface area contributed by atoms with Crippen LogP contribution in [0.15, 0.2) is 30.3 Å². The molecule has 0 aliphatic carbocycles. The Labute approximate surface area is 103 Å². The van der Waals surface area contributed by atoms with Crippen molar-refractivity contribution in [1.29, 1.82) is 0 Å². The second-order valence-electron chi connectivity index (χ2n) is 5.01. The summed E-state index contributed by atoms with van der Waals surface area (Å²) in [7, 11) is 0. The molecule has 1 unspecified atom stereocenters. The van der Waals surface area contributed by atoms with Gasteiger partial charge >= 0.3 is 0 Å². The van der Waals surface area contributed by atoms with Gasteiger partial charge in [0.25, 0.3) is 0 Å². The van der Waals surface area contributed by atoms with Crippen LogP contribution in [0.3, 0.4) is 0 Å². The molecule has 0 fully saturated rings. The molecular formula is C14H21NO2. The van der Waals surface area contributed by atoms with E-state index in [1.807, 2.05) is 44.2 Å². The molecule has 1 aromatic carbocycles. The molecule has 0 heterocycles. The lowest BCUT2D eigenvalue weighted by atomic mass is 9.96. The second-order valence-corrected chi connectivity index (χ2v) is 5.01. The molecule has 1 atom stereocenters. The Kier molecular flexibility index (Phi) is 4.70. The highest BCUT2D eigenvalue weighted by atomic mass is 16.3. The van der Waals surface area contributed by atoms with Gasteiger partial charge in [-0.2, -0.15) is 0 Å². The Morgan fingerprint density at radius 1 is 1.35 bits per heavy atom. The lowest BCUT2D eigenvalue weighted by molar-refractivity contribution is -0.123. The molecule has 3 nitrogen and oxygen atoms in total. The summed E-state index contributed by atoms with van der Waals surface area (Å²) in [6, 6.07) is 9.36. The van der Waals surface area contributed by atoms with Gasteiger partial charge in [0, 0.05) is 6.42 Å². The minimum Gasteiger partial charge on any atom is -0.384 e. The van der Waals surface area contributed by atoms with Crippen LogP contribution in [0, 0.1) is 5.92 Å². The van der Waals surface area contributed by atoms with Gasteiger partial charge in [-0.25, -0.2) is 0 Å². The second kappa shape index (κ2) is 5.82. The standard InChI is InChI=1S/C14H21NO2/c1-11(2)9-13(16)15-10-14(3,17)12-7-5-4-6-8-12/h4-8,11,17H,9-10H2,1-3H3,(H,15,16). The fraction of sp³-hybridized carbons (Fsp3) is 0.500. The Bertz CT molecular complexity index is 358. The van der Waals surface area contributed by atoms with E-state index in [0.29, 0.717) is 12.3 Å². The Morgan fingerprint density at radius 3 is 2.47 bits per heavy atom. The Hall–Kier alpha value is -1.35. The van der Waals surface area contributed by atoms with Crippen LogP contribution >= 0.6 is 0 Å². The van der Waals surface area contributed by atoms with Crippen LogP contribution in [0.2, 0.25) is 0 Å². The monoisotopic (exact) mass is 235 g/mol. The molecule has 0 saturated carbocycles. The molecule has 0 bridgehead atoms. The van der Waals surface area contributed by atoms with Crippen molar-refractivity contribution in [3.8, 4) is 0 Å². The summed E-state index contributed by atoms with van der Waals surface area (Å²) in [6.07, 6.45) is 0.491. The molecule has 0 saturated heterocycles. The van der Waals surface area contributed by atoms with Crippen LogP contribution in [0.5, 0.6) is 0 Å². The molecule has 2 N–H and O–H groups in total. The molecule has 0 aromatic heterocycles. The maximum absolute atomic E-state index is 11.5. The highest BCUT2D eigenvalue weighted by molar-refractivity contribution is 5.76. The van der Waals surface area contributed by atoms with Crippen LogP contribution in [0.4, 0.5) is 0 Å². The van der Waals surface area contributed by atoms with Gasteiger partial charge in [0.15, 0.2) is 0 Å². The molecule has 0 spiro atoms. The van der Waals surface area contributed by atoms with Crippen molar-refractivity contribution in [2.45, 2.75) is 32.8 Å². The van der Waals surface area contributed by atoms with Crippen molar-refractivity contribution in [2.75, 3.05) is 6.54 Å². The van der Waals surface area contributed by atoms with E-state index in [1.54, 1.807) is 6.92 Å². The van der Waals surface area contributed by atoms with Gasteiger partial charge in [-0.05, 0) is 18.4 Å². The first kappa shape index (κ1) is 13.7. The zero-order valence-corrected chi connectivity index (χ0v) is 10.7. The number of rotatable bonds is 5. The SMILES string of the molecule is CC(C)CC(=O)NCC(C)(O)c1ccccc1. The van der Waals surface area contributed by atoms with E-state index < -0.39 is 5.60 Å². The highest BCUT2D eigenvalue weighted by Crippen LogP contribution is 2.18.